The largest absolute Gasteiger partial charge is 0.456 e. The lowest BCUT2D eigenvalue weighted by Gasteiger charge is -2.36. The van der Waals surface area contributed by atoms with Gasteiger partial charge in [-0.05, 0) is 29.8 Å². The highest BCUT2D eigenvalue weighted by atomic mass is 16.5. The van der Waals surface area contributed by atoms with Crippen molar-refractivity contribution >= 4 is 5.82 Å². The average molecular weight is 332 g/mol. The van der Waals surface area contributed by atoms with Crippen LogP contribution in [-0.2, 0) is 4.74 Å². The van der Waals surface area contributed by atoms with Crippen LogP contribution >= 0.6 is 0 Å². The van der Waals surface area contributed by atoms with E-state index >= 15 is 0 Å². The van der Waals surface area contributed by atoms with Crippen molar-refractivity contribution in [2.75, 3.05) is 12.3 Å². The van der Waals surface area contributed by atoms with E-state index in [0.29, 0.717) is 22.9 Å². The molecule has 0 bridgehead atoms. The highest BCUT2D eigenvalue weighted by Gasteiger charge is 2.37. The summed E-state index contributed by atoms with van der Waals surface area (Å²) in [6.07, 6.45) is -1.56. The lowest BCUT2D eigenvalue weighted by atomic mass is 9.93. The number of hydrogen-bond acceptors (Lipinski definition) is 7. The SMILES string of the molecule is Nc1ccc(Oc2cccc(C3OC(CO)CC(O)C3O)c2)cn1. The van der Waals surface area contributed by atoms with Crippen LogP contribution in [0.25, 0.3) is 0 Å². The van der Waals surface area contributed by atoms with E-state index in [1.165, 1.54) is 6.20 Å². The fourth-order valence-electron chi connectivity index (χ4n) is 2.69. The molecule has 7 heteroatoms. The lowest BCUT2D eigenvalue weighted by molar-refractivity contribution is -0.179. The maximum atomic E-state index is 10.2. The van der Waals surface area contributed by atoms with E-state index in [1.807, 2.05) is 0 Å². The number of anilines is 1. The first-order valence-corrected chi connectivity index (χ1v) is 7.68. The standard InChI is InChI=1S/C17H20N2O5/c18-15-5-4-12(8-19-15)23-11-3-1-2-10(6-11)17-16(22)14(21)7-13(9-20)24-17/h1-6,8,13-14,16-17,20-22H,7,9H2,(H2,18,19). The summed E-state index contributed by atoms with van der Waals surface area (Å²) in [7, 11) is 0. The molecule has 0 radical (unpaired) electrons. The van der Waals surface area contributed by atoms with Crippen molar-refractivity contribution in [2.45, 2.75) is 30.8 Å². The maximum Gasteiger partial charge on any atom is 0.145 e. The molecule has 1 saturated heterocycles. The minimum Gasteiger partial charge on any atom is -0.456 e. The summed E-state index contributed by atoms with van der Waals surface area (Å²) in [5.41, 5.74) is 6.19. The molecule has 4 atom stereocenters. The average Bonchev–Trinajstić information content (AvgIpc) is 2.59. The zero-order valence-electron chi connectivity index (χ0n) is 12.9. The van der Waals surface area contributed by atoms with Crippen molar-refractivity contribution in [3.63, 3.8) is 0 Å². The number of nitrogens with zero attached hydrogens (tertiary/aromatic N) is 1. The number of pyridine rings is 1. The van der Waals surface area contributed by atoms with Gasteiger partial charge < -0.3 is 30.5 Å². The number of benzene rings is 1. The molecule has 7 nitrogen and oxygen atoms in total. The fraction of sp³-hybridized carbons (Fsp3) is 0.353. The van der Waals surface area contributed by atoms with Crippen LogP contribution in [-0.4, -0.2) is 45.2 Å². The van der Waals surface area contributed by atoms with E-state index < -0.39 is 24.4 Å². The third-order valence-electron chi connectivity index (χ3n) is 3.93. The van der Waals surface area contributed by atoms with E-state index in [2.05, 4.69) is 4.98 Å². The molecule has 1 aliphatic rings. The van der Waals surface area contributed by atoms with Crippen LogP contribution in [0.15, 0.2) is 42.6 Å². The van der Waals surface area contributed by atoms with Gasteiger partial charge in [0.05, 0.1) is 25.0 Å². The molecule has 3 rings (SSSR count). The number of aliphatic hydroxyl groups is 3. The first-order valence-electron chi connectivity index (χ1n) is 7.68. The molecule has 2 aromatic rings. The fourth-order valence-corrected chi connectivity index (χ4v) is 2.69. The third kappa shape index (κ3) is 3.65. The Bertz CT molecular complexity index is 679. The second-order valence-electron chi connectivity index (χ2n) is 5.75. The third-order valence-corrected chi connectivity index (χ3v) is 3.93. The van der Waals surface area contributed by atoms with Crippen molar-refractivity contribution in [1.29, 1.82) is 0 Å². The molecule has 0 spiro atoms. The Morgan fingerprint density at radius 1 is 1.21 bits per heavy atom. The zero-order valence-corrected chi connectivity index (χ0v) is 12.9. The van der Waals surface area contributed by atoms with E-state index in [4.69, 9.17) is 15.2 Å². The molecule has 1 aromatic heterocycles. The Labute approximate surface area is 139 Å². The van der Waals surface area contributed by atoms with Gasteiger partial charge in [-0.3, -0.25) is 0 Å². The monoisotopic (exact) mass is 332 g/mol. The van der Waals surface area contributed by atoms with Crippen LogP contribution in [0.4, 0.5) is 5.82 Å². The van der Waals surface area contributed by atoms with Gasteiger partial charge in [0, 0.05) is 6.42 Å². The van der Waals surface area contributed by atoms with Crippen LogP contribution < -0.4 is 10.5 Å². The normalized spacial score (nSPS) is 27.0. The summed E-state index contributed by atoms with van der Waals surface area (Å²) in [5, 5.41) is 29.4. The molecule has 0 amide bonds. The molecule has 1 aromatic carbocycles. The maximum absolute atomic E-state index is 10.2. The van der Waals surface area contributed by atoms with Crippen LogP contribution in [0.1, 0.15) is 18.1 Å². The first kappa shape index (κ1) is 16.7. The van der Waals surface area contributed by atoms with Crippen LogP contribution in [0.3, 0.4) is 0 Å². The van der Waals surface area contributed by atoms with Gasteiger partial charge in [0.15, 0.2) is 0 Å². The highest BCUT2D eigenvalue weighted by Crippen LogP contribution is 2.34. The number of rotatable bonds is 4. The van der Waals surface area contributed by atoms with E-state index in [0.717, 1.165) is 0 Å². The number of aromatic nitrogens is 1. The second-order valence-corrected chi connectivity index (χ2v) is 5.75. The molecule has 24 heavy (non-hydrogen) atoms. The van der Waals surface area contributed by atoms with Gasteiger partial charge in [-0.1, -0.05) is 12.1 Å². The predicted molar refractivity (Wildman–Crippen MR) is 86.5 cm³/mol. The second kappa shape index (κ2) is 7.14. The van der Waals surface area contributed by atoms with Crippen molar-refractivity contribution in [3.05, 3.63) is 48.2 Å². The summed E-state index contributed by atoms with van der Waals surface area (Å²) in [6.45, 7) is -0.215. The van der Waals surface area contributed by atoms with Gasteiger partial charge in [-0.2, -0.15) is 0 Å². The Kier molecular flexibility index (Phi) is 4.96. The Hall–Kier alpha value is -2.19. The summed E-state index contributed by atoms with van der Waals surface area (Å²) < 4.78 is 11.4. The van der Waals surface area contributed by atoms with Crippen molar-refractivity contribution < 1.29 is 24.8 Å². The van der Waals surface area contributed by atoms with Gasteiger partial charge >= 0.3 is 0 Å². The molecule has 4 unspecified atom stereocenters. The minimum absolute atomic E-state index is 0.196. The number of aliphatic hydroxyl groups excluding tert-OH is 3. The van der Waals surface area contributed by atoms with Crippen LogP contribution in [0.2, 0.25) is 0 Å². The molecule has 5 N–H and O–H groups in total. The van der Waals surface area contributed by atoms with Crippen LogP contribution in [0, 0.1) is 0 Å². The number of nitrogen functional groups attached to an aromatic ring is 1. The van der Waals surface area contributed by atoms with Crippen molar-refractivity contribution in [2.24, 2.45) is 0 Å². The van der Waals surface area contributed by atoms with E-state index in [-0.39, 0.29) is 13.0 Å². The van der Waals surface area contributed by atoms with Gasteiger partial charge in [0.1, 0.15) is 29.5 Å². The minimum atomic E-state index is -1.07. The molecular weight excluding hydrogens is 312 g/mol. The lowest BCUT2D eigenvalue weighted by Crippen LogP contribution is -2.44. The quantitative estimate of drug-likeness (QED) is 0.659. The number of nitrogens with two attached hydrogens (primary N) is 1. The first-order chi connectivity index (χ1) is 11.6. The Morgan fingerprint density at radius 2 is 2.04 bits per heavy atom. The number of hydrogen-bond donors (Lipinski definition) is 4. The van der Waals surface area contributed by atoms with Gasteiger partial charge in [-0.25, -0.2) is 4.98 Å². The van der Waals surface area contributed by atoms with Crippen LogP contribution in [0.5, 0.6) is 11.5 Å². The summed E-state index contributed by atoms with van der Waals surface area (Å²) >= 11 is 0. The van der Waals surface area contributed by atoms with E-state index in [1.54, 1.807) is 36.4 Å². The molecule has 0 aliphatic carbocycles. The predicted octanol–water partition coefficient (Wildman–Crippen LogP) is 1.00. The van der Waals surface area contributed by atoms with E-state index in [9.17, 15) is 15.3 Å². The zero-order chi connectivity index (χ0) is 17.1. The highest BCUT2D eigenvalue weighted by molar-refractivity contribution is 5.37. The topological polar surface area (TPSA) is 118 Å². The molecule has 0 saturated carbocycles. The van der Waals surface area contributed by atoms with Crippen molar-refractivity contribution in [1.82, 2.24) is 4.98 Å². The molecule has 1 fully saturated rings. The Morgan fingerprint density at radius 3 is 2.75 bits per heavy atom. The van der Waals surface area contributed by atoms with Gasteiger partial charge in [-0.15, -0.1) is 0 Å². The summed E-state index contributed by atoms with van der Waals surface area (Å²) in [4.78, 5) is 3.96. The van der Waals surface area contributed by atoms with Crippen molar-refractivity contribution in [3.8, 4) is 11.5 Å². The molecular formula is C17H20N2O5. The molecule has 1 aliphatic heterocycles. The Balaban J connectivity index is 1.80. The molecule has 2 heterocycles. The summed E-state index contributed by atoms with van der Waals surface area (Å²) in [6, 6.07) is 10.3. The smallest absolute Gasteiger partial charge is 0.145 e. The van der Waals surface area contributed by atoms with Gasteiger partial charge in [0.2, 0.25) is 0 Å². The summed E-state index contributed by atoms with van der Waals surface area (Å²) in [5.74, 6) is 1.47. The van der Waals surface area contributed by atoms with Gasteiger partial charge in [0.25, 0.3) is 0 Å². The number of ether oxygens (including phenoxy) is 2. The molecule has 128 valence electrons.